The number of rotatable bonds is 12. The molecule has 1 heterocycles. The third-order valence-corrected chi connectivity index (χ3v) is 9.43. The summed E-state index contributed by atoms with van der Waals surface area (Å²) in [4.78, 5) is 55.9. The van der Waals surface area contributed by atoms with E-state index in [4.69, 9.17) is 20.2 Å². The Morgan fingerprint density at radius 1 is 0.976 bits per heavy atom. The summed E-state index contributed by atoms with van der Waals surface area (Å²) in [6, 6.07) is 22.9. The topological polar surface area (TPSA) is 176 Å². The quantitative estimate of drug-likeness (QED) is 0.139. The first-order chi connectivity index (χ1) is 20.0. The van der Waals surface area contributed by atoms with Crippen molar-refractivity contribution in [3.8, 4) is 0 Å². The number of nitrogens with zero attached hydrogens (tertiary/aromatic N) is 1. The van der Waals surface area contributed by atoms with E-state index < -0.39 is 31.6 Å². The molecular formula is C30H36N5O6P-2. The molecule has 0 unspecified atom stereocenters. The van der Waals surface area contributed by atoms with Gasteiger partial charge in [-0.25, -0.2) is 0 Å². The second kappa shape index (κ2) is 13.1. The van der Waals surface area contributed by atoms with Crippen molar-refractivity contribution in [3.63, 3.8) is 0 Å². The van der Waals surface area contributed by atoms with Gasteiger partial charge in [0.05, 0.1) is 0 Å². The number of benzene rings is 3. The maximum atomic E-state index is 14.4. The van der Waals surface area contributed by atoms with Gasteiger partial charge < -0.3 is 5.73 Å². The zero-order chi connectivity index (χ0) is 30.4. The van der Waals surface area contributed by atoms with Crippen LogP contribution in [0.25, 0.3) is 0 Å². The van der Waals surface area contributed by atoms with E-state index in [9.17, 15) is 19.4 Å². The normalized spacial score (nSPS) is 16.9. The van der Waals surface area contributed by atoms with Crippen LogP contribution in [0.3, 0.4) is 0 Å². The number of nitrogens with two attached hydrogens (primary N) is 1. The molecular weight excluding hydrogens is 557 g/mol. The Morgan fingerprint density at radius 2 is 1.52 bits per heavy atom. The standard InChI is InChI=1S/C30H36N5O6P/c1-40-42(38,39,41-2)34-27(26(22-10-5-3-6-11-22)23-12-7-4-8-13-23)30(37)35-19-9-14-25(35)29(36)33-20-21-15-17-24(18-16-21)28(31)32/h3-8,10-13,15-18,25-27,34H,9,14,19-20H2,1-2H3,(H3,31,32)(H,33,36)/q-2/t25-,27+/m0/s1. The maximum absolute atomic E-state index is 14.4. The average Bonchev–Trinajstić information content (AvgIpc) is 3.51. The first kappa shape index (κ1) is 31.2. The van der Waals surface area contributed by atoms with Crippen molar-refractivity contribution in [2.45, 2.75) is 37.4 Å². The van der Waals surface area contributed by atoms with E-state index in [2.05, 4.69) is 10.4 Å². The molecule has 0 bridgehead atoms. The van der Waals surface area contributed by atoms with Gasteiger partial charge in [-0.3, -0.25) is 5.41 Å². The fraction of sp³-hybridized carbons (Fsp3) is 0.300. The Labute approximate surface area is 245 Å². The predicted molar refractivity (Wildman–Crippen MR) is 157 cm³/mol. The van der Waals surface area contributed by atoms with Gasteiger partial charge >= 0.3 is 229 Å². The number of likely N-dealkylation sites (tertiary alicyclic amines) is 1. The molecule has 1 aliphatic rings. The number of amides is 2. The first-order valence-corrected chi connectivity index (χ1v) is 15.5. The minimum absolute atomic E-state index is 0.0510. The number of carbonyl (C=O) groups is 2. The summed E-state index contributed by atoms with van der Waals surface area (Å²) in [5.41, 5.74) is 8.26. The van der Waals surface area contributed by atoms with Crippen LogP contribution in [0, 0.1) is 5.41 Å². The van der Waals surface area contributed by atoms with Crippen LogP contribution in [0.15, 0.2) is 84.9 Å². The van der Waals surface area contributed by atoms with Crippen LogP contribution in [0.2, 0.25) is 0 Å². The van der Waals surface area contributed by atoms with Gasteiger partial charge in [0.2, 0.25) is 0 Å². The number of amidine groups is 1. The second-order valence-corrected chi connectivity index (χ2v) is 12.7. The summed E-state index contributed by atoms with van der Waals surface area (Å²) in [5, 5.41) is 12.8. The van der Waals surface area contributed by atoms with Crippen molar-refractivity contribution in [1.29, 1.82) is 5.41 Å². The van der Waals surface area contributed by atoms with E-state index in [-0.39, 0.29) is 24.8 Å². The summed E-state index contributed by atoms with van der Waals surface area (Å²) in [6.07, 6.45) is 0.986. The molecule has 4 rings (SSSR count). The predicted octanol–water partition coefficient (Wildman–Crippen LogP) is 1.51. The summed E-state index contributed by atoms with van der Waals surface area (Å²) in [5.74, 6) is -1.75. The molecule has 0 aliphatic carbocycles. The third kappa shape index (κ3) is 7.19. The number of hydrogen-bond donors (Lipinski definition) is 4. The third-order valence-electron chi connectivity index (χ3n) is 7.47. The zero-order valence-electron chi connectivity index (χ0n) is 23.6. The molecule has 12 heteroatoms. The van der Waals surface area contributed by atoms with E-state index in [0.29, 0.717) is 29.5 Å². The van der Waals surface area contributed by atoms with Crippen molar-refractivity contribution in [2.75, 3.05) is 20.8 Å². The Kier molecular flexibility index (Phi) is 9.73. The van der Waals surface area contributed by atoms with Crippen LogP contribution < -0.4 is 25.9 Å². The fourth-order valence-corrected chi connectivity index (χ4v) is 6.24. The molecule has 0 aromatic heterocycles. The van der Waals surface area contributed by atoms with Crippen molar-refractivity contribution in [3.05, 3.63) is 107 Å². The van der Waals surface area contributed by atoms with Gasteiger partial charge in [-0.2, -0.15) is 0 Å². The van der Waals surface area contributed by atoms with E-state index in [1.54, 1.807) is 24.3 Å². The van der Waals surface area contributed by atoms with Gasteiger partial charge in [-0.15, -0.1) is 0 Å². The van der Waals surface area contributed by atoms with E-state index in [0.717, 1.165) is 19.8 Å². The summed E-state index contributed by atoms with van der Waals surface area (Å²) in [7, 11) is -4.01. The molecule has 42 heavy (non-hydrogen) atoms. The Morgan fingerprint density at radius 3 is 2.02 bits per heavy atom. The molecule has 1 saturated heterocycles. The van der Waals surface area contributed by atoms with Gasteiger partial charge in [0.25, 0.3) is 0 Å². The van der Waals surface area contributed by atoms with Crippen molar-refractivity contribution in [1.82, 2.24) is 15.3 Å². The average molecular weight is 594 g/mol. The van der Waals surface area contributed by atoms with E-state index in [1.807, 2.05) is 60.7 Å². The molecule has 1 fully saturated rings. The van der Waals surface area contributed by atoms with Crippen LogP contribution in [-0.4, -0.2) is 55.4 Å². The summed E-state index contributed by atoms with van der Waals surface area (Å²) < 4.78 is 9.68. The Balaban J connectivity index is 1.65. The van der Waals surface area contributed by atoms with Crippen molar-refractivity contribution >= 4 is 25.3 Å². The van der Waals surface area contributed by atoms with Gasteiger partial charge in [-0.1, -0.05) is 0 Å². The van der Waals surface area contributed by atoms with Crippen molar-refractivity contribution < 1.29 is 28.4 Å². The number of hydrogen-bond acceptors (Lipinski definition) is 8. The summed E-state index contributed by atoms with van der Waals surface area (Å²) >= 11 is 0. The van der Waals surface area contributed by atoms with Gasteiger partial charge in [0, 0.05) is 0 Å². The number of nitrogens with one attached hydrogen (secondary N) is 3. The van der Waals surface area contributed by atoms with Gasteiger partial charge in [0.1, 0.15) is 5.84 Å². The number of nitrogen functional groups attached to an aromatic ring is 1. The van der Waals surface area contributed by atoms with Crippen LogP contribution >= 0.6 is 7.66 Å². The molecule has 11 nitrogen and oxygen atoms in total. The monoisotopic (exact) mass is 593 g/mol. The van der Waals surface area contributed by atoms with E-state index >= 15 is 0 Å². The molecule has 0 radical (unpaired) electrons. The molecule has 5 N–H and O–H groups in total. The molecule has 0 saturated carbocycles. The van der Waals surface area contributed by atoms with Crippen LogP contribution in [0.4, 0.5) is 0 Å². The Hall–Kier alpha value is -3.70. The Bertz CT molecular complexity index is 1340. The van der Waals surface area contributed by atoms with Gasteiger partial charge in [0.15, 0.2) is 0 Å². The van der Waals surface area contributed by atoms with E-state index in [1.165, 1.54) is 4.90 Å². The molecule has 224 valence electrons. The van der Waals surface area contributed by atoms with Crippen LogP contribution in [0.1, 0.15) is 41.0 Å². The molecule has 2 atom stereocenters. The molecule has 0 spiro atoms. The van der Waals surface area contributed by atoms with Crippen LogP contribution in [0.5, 0.6) is 0 Å². The van der Waals surface area contributed by atoms with Crippen LogP contribution in [-0.2, 0) is 25.2 Å². The molecule has 3 aromatic rings. The molecule has 3 aromatic carbocycles. The zero-order valence-corrected chi connectivity index (χ0v) is 24.5. The van der Waals surface area contributed by atoms with Gasteiger partial charge in [-0.05, 0) is 0 Å². The summed E-state index contributed by atoms with van der Waals surface area (Å²) in [6.45, 7) is 0.478. The minimum atomic E-state index is -5.94. The number of carbonyl (C=O) groups excluding carboxylic acids is 2. The van der Waals surface area contributed by atoms with Crippen molar-refractivity contribution in [2.24, 2.45) is 5.73 Å². The SMILES string of the molecule is COP([O-])([O-])(N[C@@H](C(=O)N1CCC[C@H]1C(=O)NCc1ccc(C(=N)N)cc1)C(c1ccccc1)c1ccccc1)OC. The second-order valence-electron chi connectivity index (χ2n) is 10.1. The first-order valence-electron chi connectivity index (χ1n) is 13.6. The molecule has 1 aliphatic heterocycles. The fourth-order valence-electron chi connectivity index (χ4n) is 5.17. The molecule has 2 amide bonds.